The summed E-state index contributed by atoms with van der Waals surface area (Å²) in [5, 5.41) is 13.8. The summed E-state index contributed by atoms with van der Waals surface area (Å²) in [7, 11) is 4.01. The average Bonchev–Trinajstić information content (AvgIpc) is 3.57. The molecule has 3 heterocycles. The van der Waals surface area contributed by atoms with Gasteiger partial charge in [0.25, 0.3) is 0 Å². The number of likely N-dealkylation sites (N-methyl/N-ethyl adjacent to an activating group) is 1. The van der Waals surface area contributed by atoms with Crippen LogP contribution in [0.3, 0.4) is 0 Å². The van der Waals surface area contributed by atoms with Crippen LogP contribution < -0.4 is 21.3 Å². The molecule has 1 aromatic heterocycles. The van der Waals surface area contributed by atoms with E-state index in [1.165, 1.54) is 84.6 Å². The van der Waals surface area contributed by atoms with Crippen LogP contribution in [-0.2, 0) is 6.42 Å². The zero-order valence-corrected chi connectivity index (χ0v) is 40.8. The van der Waals surface area contributed by atoms with Crippen molar-refractivity contribution in [1.29, 1.82) is 0 Å². The number of H-pyrrole nitrogens is 1. The fourth-order valence-electron chi connectivity index (χ4n) is 9.85. The Kier molecular flexibility index (Phi) is 20.7. The van der Waals surface area contributed by atoms with Crippen molar-refractivity contribution in [1.82, 2.24) is 35.6 Å². The van der Waals surface area contributed by atoms with Crippen LogP contribution in [0.5, 0.6) is 0 Å². The fourth-order valence-corrected chi connectivity index (χ4v) is 9.85. The molecule has 2 aromatic rings. The molecule has 2 saturated heterocycles. The Morgan fingerprint density at radius 2 is 1.63 bits per heavy atom. The van der Waals surface area contributed by atoms with Gasteiger partial charge >= 0.3 is 0 Å². The number of nitrogens with one attached hydrogen (secondary N) is 5. The molecule has 1 aromatic carbocycles. The summed E-state index contributed by atoms with van der Waals surface area (Å²) in [6.07, 6.45) is 24.5. The molecule has 1 unspecified atom stereocenters. The highest BCUT2D eigenvalue weighted by Crippen LogP contribution is 2.37. The average molecular weight is 887 g/mol. The number of allylic oxidation sites excluding steroid dienone is 7. The van der Waals surface area contributed by atoms with Crippen molar-refractivity contribution >= 4 is 17.3 Å². The van der Waals surface area contributed by atoms with Gasteiger partial charge in [0.1, 0.15) is 5.82 Å². The van der Waals surface area contributed by atoms with Crippen molar-refractivity contribution in [3.8, 4) is 0 Å². The second kappa shape index (κ2) is 26.3. The predicted octanol–water partition coefficient (Wildman–Crippen LogP) is 11.3. The smallest absolute Gasteiger partial charge is 0.123 e. The molecule has 3 aliphatic rings. The van der Waals surface area contributed by atoms with Crippen LogP contribution in [0.2, 0.25) is 0 Å². The lowest BCUT2D eigenvalue weighted by Gasteiger charge is -2.39. The summed E-state index contributed by atoms with van der Waals surface area (Å²) in [6, 6.07) is 5.02. The fraction of sp³-hybridized carbons (Fsp3) is 0.500. The summed E-state index contributed by atoms with van der Waals surface area (Å²) in [5.74, 6) is -0.260. The van der Waals surface area contributed by atoms with Crippen molar-refractivity contribution < 1.29 is 4.39 Å². The van der Waals surface area contributed by atoms with E-state index in [1.807, 2.05) is 13.1 Å². The minimum Gasteiger partial charge on any atom is -0.388 e. The van der Waals surface area contributed by atoms with E-state index >= 15 is 0 Å². The van der Waals surface area contributed by atoms with Crippen molar-refractivity contribution in [2.24, 2.45) is 0 Å². The third-order valence-corrected chi connectivity index (χ3v) is 13.8. The van der Waals surface area contributed by atoms with Crippen molar-refractivity contribution in [3.63, 3.8) is 0 Å². The Hall–Kier alpha value is -4.83. The van der Waals surface area contributed by atoms with E-state index < -0.39 is 0 Å². The van der Waals surface area contributed by atoms with Crippen LogP contribution in [-0.4, -0.2) is 98.7 Å². The van der Waals surface area contributed by atoms with Gasteiger partial charge in [0.2, 0.25) is 0 Å². The SMILES string of the molecule is C=CC1=C(C(=C)N(C)C2CCC(=C)NC2=C)C(CCCCCCCCCNC(=C)CN2CCN(CCCNCCc3c(C)[nH]c(/C=C(\C=C)c4cc(F)ccc4NC)c3C)CC2)=CCC1. The number of rotatable bonds is 28. The number of piperidine rings is 1. The molecule has 2 aliphatic heterocycles. The van der Waals surface area contributed by atoms with Crippen LogP contribution in [0.1, 0.15) is 112 Å². The molecular weight excluding hydrogens is 804 g/mol. The highest BCUT2D eigenvalue weighted by molar-refractivity contribution is 5.91. The lowest BCUT2D eigenvalue weighted by molar-refractivity contribution is 0.138. The Labute approximate surface area is 393 Å². The number of unbranched alkanes of at least 4 members (excludes halogenated alkanes) is 6. The Bertz CT molecular complexity index is 2060. The molecule has 0 spiro atoms. The van der Waals surface area contributed by atoms with Gasteiger partial charge in [0, 0.05) is 104 Å². The molecule has 0 radical (unpaired) electrons. The van der Waals surface area contributed by atoms with E-state index in [0.29, 0.717) is 0 Å². The highest BCUT2D eigenvalue weighted by Gasteiger charge is 2.27. The maximum Gasteiger partial charge on any atom is 0.123 e. The topological polar surface area (TPSA) is 73.6 Å². The number of anilines is 1. The number of benzene rings is 1. The van der Waals surface area contributed by atoms with Crippen molar-refractivity contribution in [3.05, 3.63) is 149 Å². The Morgan fingerprint density at radius 3 is 2.34 bits per heavy atom. The van der Waals surface area contributed by atoms with E-state index in [9.17, 15) is 4.39 Å². The molecule has 1 aliphatic carbocycles. The van der Waals surface area contributed by atoms with Crippen LogP contribution in [0.25, 0.3) is 11.6 Å². The molecule has 8 nitrogen and oxygen atoms in total. The number of halogens is 1. The van der Waals surface area contributed by atoms with Gasteiger partial charge < -0.3 is 36.1 Å². The lowest BCUT2D eigenvalue weighted by atomic mass is 9.85. The molecule has 0 amide bonds. The quantitative estimate of drug-likeness (QED) is 0.0431. The number of aryl methyl sites for hydroxylation is 1. The summed E-state index contributed by atoms with van der Waals surface area (Å²) in [6.45, 7) is 39.3. The number of piperazine rings is 1. The van der Waals surface area contributed by atoms with Gasteiger partial charge in [0.05, 0.1) is 6.04 Å². The largest absolute Gasteiger partial charge is 0.388 e. The van der Waals surface area contributed by atoms with E-state index in [1.54, 1.807) is 18.2 Å². The summed E-state index contributed by atoms with van der Waals surface area (Å²) >= 11 is 0. The number of aromatic nitrogens is 1. The standard InChI is InChI=1S/C56H83FN8/c1-11-47-23-20-24-49(56(47)46(8)63(10)55-28-25-41(3)61-45(55)7)22-18-16-14-13-15-17-19-31-60-42(4)40-65-36-34-64(35-37-65)33-21-30-59-32-29-51-43(5)54(62-44(51)6)38-48(12-2)52-39-50(57)26-27-53(52)58-9/h11-12,24,26-27,38-39,55,58-62H,1-4,7-8,13-23,25,28-37,40H2,5-6,9-10H3/b48-38+. The van der Waals surface area contributed by atoms with E-state index in [2.05, 4.69) is 113 Å². The molecule has 5 N–H and O–H groups in total. The Balaban J connectivity index is 0.875. The van der Waals surface area contributed by atoms with E-state index in [4.69, 9.17) is 0 Å². The summed E-state index contributed by atoms with van der Waals surface area (Å²) < 4.78 is 14.1. The molecule has 5 rings (SSSR count). The monoisotopic (exact) mass is 887 g/mol. The normalized spacial score (nSPS) is 17.5. The second-order valence-electron chi connectivity index (χ2n) is 18.5. The first-order valence-corrected chi connectivity index (χ1v) is 24.6. The molecule has 9 heteroatoms. The second-order valence-corrected chi connectivity index (χ2v) is 18.5. The minimum absolute atomic E-state index is 0.222. The van der Waals surface area contributed by atoms with Crippen molar-refractivity contribution in [2.75, 3.05) is 78.3 Å². The zero-order valence-electron chi connectivity index (χ0n) is 40.8. The molecule has 1 atom stereocenters. The number of nitrogens with zero attached hydrogens (tertiary/aromatic N) is 3. The third-order valence-electron chi connectivity index (χ3n) is 13.8. The first-order valence-electron chi connectivity index (χ1n) is 24.6. The van der Waals surface area contributed by atoms with E-state index in [0.717, 1.165) is 149 Å². The maximum absolute atomic E-state index is 14.1. The molecule has 0 bridgehead atoms. The van der Waals surface area contributed by atoms with Gasteiger partial charge in [-0.1, -0.05) is 89.8 Å². The van der Waals surface area contributed by atoms with Crippen LogP contribution in [0.4, 0.5) is 10.1 Å². The minimum atomic E-state index is -0.260. The molecular formula is C56H83FN8. The Morgan fingerprint density at radius 1 is 0.908 bits per heavy atom. The highest BCUT2D eigenvalue weighted by atomic mass is 19.1. The number of aromatic amines is 1. The molecule has 354 valence electrons. The van der Waals surface area contributed by atoms with Crippen LogP contribution in [0.15, 0.2) is 115 Å². The first kappa shape index (κ1) is 51.2. The van der Waals surface area contributed by atoms with Crippen molar-refractivity contribution in [2.45, 2.75) is 110 Å². The molecule has 0 saturated carbocycles. The predicted molar refractivity (Wildman–Crippen MR) is 278 cm³/mol. The van der Waals surface area contributed by atoms with Gasteiger partial charge in [0.15, 0.2) is 0 Å². The van der Waals surface area contributed by atoms with Gasteiger partial charge in [-0.25, -0.2) is 4.39 Å². The van der Waals surface area contributed by atoms with Crippen LogP contribution in [0, 0.1) is 19.7 Å². The van der Waals surface area contributed by atoms with E-state index in [-0.39, 0.29) is 11.9 Å². The van der Waals surface area contributed by atoms with Gasteiger partial charge in [-0.2, -0.15) is 0 Å². The number of hydrogen-bond donors (Lipinski definition) is 5. The zero-order chi connectivity index (χ0) is 46.7. The number of hydrogen-bond acceptors (Lipinski definition) is 7. The lowest BCUT2D eigenvalue weighted by Crippen LogP contribution is -2.48. The third kappa shape index (κ3) is 15.1. The maximum atomic E-state index is 14.1. The van der Waals surface area contributed by atoms with Crippen LogP contribution >= 0.6 is 0 Å². The van der Waals surface area contributed by atoms with Gasteiger partial charge in [-0.15, -0.1) is 0 Å². The summed E-state index contributed by atoms with van der Waals surface area (Å²) in [5.41, 5.74) is 15.7. The van der Waals surface area contributed by atoms with Gasteiger partial charge in [-0.05, 0) is 143 Å². The first-order chi connectivity index (χ1) is 31.4. The molecule has 65 heavy (non-hydrogen) atoms. The summed E-state index contributed by atoms with van der Waals surface area (Å²) in [4.78, 5) is 11.0. The molecule has 2 fully saturated rings. The van der Waals surface area contributed by atoms with Gasteiger partial charge in [-0.3, -0.25) is 4.90 Å².